The van der Waals surface area contributed by atoms with Gasteiger partial charge in [-0.1, -0.05) is 23.7 Å². The third-order valence-corrected chi connectivity index (χ3v) is 6.34. The number of ether oxygens (including phenoxy) is 1. The van der Waals surface area contributed by atoms with Gasteiger partial charge in [-0.15, -0.1) is 0 Å². The predicted molar refractivity (Wildman–Crippen MR) is 114 cm³/mol. The Morgan fingerprint density at radius 3 is 2.90 bits per heavy atom. The highest BCUT2D eigenvalue weighted by atomic mass is 35.5. The summed E-state index contributed by atoms with van der Waals surface area (Å²) in [4.78, 5) is 19.5. The summed E-state index contributed by atoms with van der Waals surface area (Å²) in [5.41, 5.74) is 1.37. The minimum absolute atomic E-state index is 0.0718. The number of piperidine rings is 1. The molecule has 1 N–H and O–H groups in total. The van der Waals surface area contributed by atoms with Gasteiger partial charge in [0.25, 0.3) is 0 Å². The van der Waals surface area contributed by atoms with Crippen LogP contribution in [0.1, 0.15) is 43.0 Å². The smallest absolute Gasteiger partial charge is 0.249 e. The van der Waals surface area contributed by atoms with Crippen LogP contribution in [-0.2, 0) is 16.1 Å². The summed E-state index contributed by atoms with van der Waals surface area (Å²) < 4.78 is 19.8. The van der Waals surface area contributed by atoms with Gasteiger partial charge >= 0.3 is 0 Å². The fraction of sp³-hybridized carbons (Fsp3) is 0.478. The van der Waals surface area contributed by atoms with Crippen molar-refractivity contribution in [3.8, 4) is 0 Å². The zero-order valence-electron chi connectivity index (χ0n) is 16.9. The van der Waals surface area contributed by atoms with Crippen molar-refractivity contribution in [3.05, 3.63) is 64.7 Å². The second kappa shape index (κ2) is 9.86. The van der Waals surface area contributed by atoms with E-state index in [1.165, 1.54) is 6.07 Å². The normalized spacial score (nSPS) is 23.3. The largest absolute Gasteiger partial charge is 0.368 e. The molecule has 2 aromatic rings. The zero-order valence-corrected chi connectivity index (χ0v) is 17.7. The van der Waals surface area contributed by atoms with E-state index in [0.717, 1.165) is 44.5 Å². The van der Waals surface area contributed by atoms with E-state index in [1.807, 2.05) is 18.2 Å². The van der Waals surface area contributed by atoms with Crippen molar-refractivity contribution in [1.82, 2.24) is 15.2 Å². The molecule has 30 heavy (non-hydrogen) atoms. The molecule has 0 radical (unpaired) electrons. The highest BCUT2D eigenvalue weighted by Crippen LogP contribution is 2.31. The second-order valence-electron chi connectivity index (χ2n) is 8.08. The summed E-state index contributed by atoms with van der Waals surface area (Å²) in [5.74, 6) is -0.181. The maximum atomic E-state index is 14.3. The Hall–Kier alpha value is -2.02. The topological polar surface area (TPSA) is 54.5 Å². The Morgan fingerprint density at radius 2 is 2.17 bits per heavy atom. The number of aromatic nitrogens is 1. The Kier molecular flexibility index (Phi) is 6.97. The van der Waals surface area contributed by atoms with Crippen molar-refractivity contribution in [2.75, 3.05) is 19.7 Å². The Labute approximate surface area is 181 Å². The lowest BCUT2D eigenvalue weighted by Gasteiger charge is -2.37. The van der Waals surface area contributed by atoms with E-state index < -0.39 is 0 Å². The highest BCUT2D eigenvalue weighted by molar-refractivity contribution is 6.31. The third-order valence-electron chi connectivity index (χ3n) is 5.98. The molecule has 7 heteroatoms. The standard InChI is InChI=1S/C23H27ClFN3O2/c24-18-7-3-8-19(25)17(18)15-28-12-4-6-16(14-28)22(20-9-1-2-11-26-20)27-23(29)21-10-5-13-30-21/h1-3,7-9,11,16,21-22H,4-6,10,12-15H2,(H,27,29)/t16-,21-,22+/m1/s1. The van der Waals surface area contributed by atoms with E-state index in [-0.39, 0.29) is 29.8 Å². The molecule has 2 aliphatic heterocycles. The number of carbonyl (C=O) groups excluding carboxylic acids is 1. The van der Waals surface area contributed by atoms with Crippen LogP contribution >= 0.6 is 11.6 Å². The summed E-state index contributed by atoms with van der Waals surface area (Å²) >= 11 is 6.24. The van der Waals surface area contributed by atoms with Crippen LogP contribution < -0.4 is 5.32 Å². The number of pyridine rings is 1. The van der Waals surface area contributed by atoms with E-state index in [2.05, 4.69) is 15.2 Å². The average Bonchev–Trinajstić information content (AvgIpc) is 3.31. The first kappa shape index (κ1) is 21.2. The van der Waals surface area contributed by atoms with Crippen LogP contribution in [0.15, 0.2) is 42.6 Å². The number of likely N-dealkylation sites (tertiary alicyclic amines) is 1. The maximum Gasteiger partial charge on any atom is 0.249 e. The zero-order chi connectivity index (χ0) is 20.9. The first-order valence-corrected chi connectivity index (χ1v) is 11.0. The molecule has 2 fully saturated rings. The van der Waals surface area contributed by atoms with Crippen LogP contribution in [0.2, 0.25) is 5.02 Å². The summed E-state index contributed by atoms with van der Waals surface area (Å²) in [7, 11) is 0. The summed E-state index contributed by atoms with van der Waals surface area (Å²) in [6.07, 6.45) is 4.97. The molecule has 0 unspecified atom stereocenters. The van der Waals surface area contributed by atoms with Crippen LogP contribution in [-0.4, -0.2) is 41.6 Å². The summed E-state index contributed by atoms with van der Waals surface area (Å²) in [6.45, 7) is 2.69. The van der Waals surface area contributed by atoms with Gasteiger partial charge in [0.05, 0.1) is 11.7 Å². The predicted octanol–water partition coefficient (Wildman–Crippen LogP) is 4.12. The number of benzene rings is 1. The van der Waals surface area contributed by atoms with Crippen LogP contribution in [0.3, 0.4) is 0 Å². The molecule has 0 aliphatic carbocycles. The van der Waals surface area contributed by atoms with Gasteiger partial charge in [-0.3, -0.25) is 14.7 Å². The Morgan fingerprint density at radius 1 is 1.27 bits per heavy atom. The fourth-order valence-corrected chi connectivity index (χ4v) is 4.66. The van der Waals surface area contributed by atoms with Crippen molar-refractivity contribution in [1.29, 1.82) is 0 Å². The average molecular weight is 432 g/mol. The number of amides is 1. The van der Waals surface area contributed by atoms with Gasteiger partial charge in [0.15, 0.2) is 0 Å². The lowest BCUT2D eigenvalue weighted by molar-refractivity contribution is -0.131. The van der Waals surface area contributed by atoms with Crippen molar-refractivity contribution in [2.45, 2.75) is 44.4 Å². The van der Waals surface area contributed by atoms with E-state index >= 15 is 0 Å². The molecule has 2 saturated heterocycles. The van der Waals surface area contributed by atoms with E-state index in [1.54, 1.807) is 18.3 Å². The second-order valence-corrected chi connectivity index (χ2v) is 8.49. The van der Waals surface area contributed by atoms with Gasteiger partial charge < -0.3 is 10.1 Å². The lowest BCUT2D eigenvalue weighted by atomic mass is 9.88. The molecular formula is C23H27ClFN3O2. The summed E-state index contributed by atoms with van der Waals surface area (Å²) in [5, 5.41) is 3.65. The van der Waals surface area contributed by atoms with Crippen molar-refractivity contribution < 1.29 is 13.9 Å². The lowest BCUT2D eigenvalue weighted by Crippen LogP contribution is -2.45. The monoisotopic (exact) mass is 431 g/mol. The quantitative estimate of drug-likeness (QED) is 0.747. The van der Waals surface area contributed by atoms with Gasteiger partial charge in [-0.05, 0) is 62.4 Å². The Balaban J connectivity index is 1.50. The van der Waals surface area contributed by atoms with E-state index in [4.69, 9.17) is 16.3 Å². The van der Waals surface area contributed by atoms with E-state index in [9.17, 15) is 9.18 Å². The number of hydrogen-bond donors (Lipinski definition) is 1. The molecular weight excluding hydrogens is 405 g/mol. The number of carbonyl (C=O) groups is 1. The minimum Gasteiger partial charge on any atom is -0.368 e. The van der Waals surface area contributed by atoms with Crippen LogP contribution in [0, 0.1) is 11.7 Å². The maximum absolute atomic E-state index is 14.3. The van der Waals surface area contributed by atoms with Gasteiger partial charge in [0.2, 0.25) is 5.91 Å². The molecule has 0 spiro atoms. The molecule has 1 aromatic carbocycles. The van der Waals surface area contributed by atoms with Gasteiger partial charge in [-0.25, -0.2) is 4.39 Å². The molecule has 4 rings (SSSR count). The molecule has 0 bridgehead atoms. The molecule has 1 aromatic heterocycles. The SMILES string of the molecule is O=C(N[C@H](c1ccccn1)[C@@H]1CCCN(Cc2c(F)cccc2Cl)C1)[C@H]1CCCO1. The van der Waals surface area contributed by atoms with Gasteiger partial charge in [0.1, 0.15) is 11.9 Å². The van der Waals surface area contributed by atoms with Crippen LogP contribution in [0.25, 0.3) is 0 Å². The van der Waals surface area contributed by atoms with Crippen molar-refractivity contribution in [3.63, 3.8) is 0 Å². The molecule has 3 atom stereocenters. The van der Waals surface area contributed by atoms with Gasteiger partial charge in [-0.2, -0.15) is 0 Å². The first-order chi connectivity index (χ1) is 14.6. The van der Waals surface area contributed by atoms with Crippen molar-refractivity contribution >= 4 is 17.5 Å². The minimum atomic E-state index is -0.381. The molecule has 5 nitrogen and oxygen atoms in total. The highest BCUT2D eigenvalue weighted by Gasteiger charge is 2.33. The molecule has 0 saturated carbocycles. The van der Waals surface area contributed by atoms with Gasteiger partial charge in [0, 0.05) is 36.5 Å². The molecule has 160 valence electrons. The summed E-state index contributed by atoms with van der Waals surface area (Å²) in [6, 6.07) is 10.3. The number of rotatable bonds is 6. The number of halogens is 2. The number of hydrogen-bond acceptors (Lipinski definition) is 4. The third kappa shape index (κ3) is 4.99. The van der Waals surface area contributed by atoms with Crippen LogP contribution in [0.4, 0.5) is 4.39 Å². The molecule has 3 heterocycles. The molecule has 1 amide bonds. The Bertz CT molecular complexity index is 841. The number of nitrogens with zero attached hydrogens (tertiary/aromatic N) is 2. The van der Waals surface area contributed by atoms with E-state index in [0.29, 0.717) is 23.7 Å². The van der Waals surface area contributed by atoms with Crippen molar-refractivity contribution in [2.24, 2.45) is 5.92 Å². The first-order valence-electron chi connectivity index (χ1n) is 10.6. The molecule has 2 aliphatic rings. The number of nitrogens with one attached hydrogen (secondary N) is 1. The van der Waals surface area contributed by atoms with Crippen LogP contribution in [0.5, 0.6) is 0 Å². The fourth-order valence-electron chi connectivity index (χ4n) is 4.44.